The molecule has 1 aliphatic heterocycles. The molecular weight excluding hydrogens is 322 g/mol. The minimum Gasteiger partial charge on any atom is -0.482 e. The minimum atomic E-state index is -0.463. The topological polar surface area (TPSA) is 70.6 Å². The molecule has 5 nitrogen and oxygen atoms in total. The van der Waals surface area contributed by atoms with Gasteiger partial charge in [-0.05, 0) is 18.2 Å². The first-order chi connectivity index (χ1) is 9.56. The molecule has 0 aliphatic carbocycles. The Bertz CT molecular complexity index is 490. The lowest BCUT2D eigenvalue weighted by Gasteiger charge is -2.14. The number of rotatable bonds is 5. The Morgan fingerprint density at radius 1 is 1.52 bits per heavy atom. The zero-order valence-electron chi connectivity index (χ0n) is 11.1. The zero-order chi connectivity index (χ0) is 14.5. The quantitative estimate of drug-likeness (QED) is 0.748. The molecule has 1 aliphatic rings. The van der Waals surface area contributed by atoms with Crippen LogP contribution in [0.1, 0.15) is 0 Å². The van der Waals surface area contributed by atoms with Crippen molar-refractivity contribution in [3.8, 4) is 5.75 Å². The molecule has 1 amide bonds. The van der Waals surface area contributed by atoms with E-state index in [4.69, 9.17) is 16.3 Å². The fraction of sp³-hybridized carbons (Fsp3) is 0.462. The molecule has 1 aromatic rings. The fourth-order valence-electron chi connectivity index (χ4n) is 1.96. The van der Waals surface area contributed by atoms with Crippen molar-refractivity contribution >= 4 is 29.9 Å². The SMILES string of the molecule is Cl.O=C(COc1ccc(F)cc1Cl)NCC1CNCC1O. The van der Waals surface area contributed by atoms with Crippen LogP contribution in [-0.4, -0.2) is 43.4 Å². The lowest BCUT2D eigenvalue weighted by molar-refractivity contribution is -0.123. The zero-order valence-corrected chi connectivity index (χ0v) is 12.7. The molecule has 0 saturated carbocycles. The van der Waals surface area contributed by atoms with Gasteiger partial charge in [-0.1, -0.05) is 11.6 Å². The Morgan fingerprint density at radius 3 is 2.90 bits per heavy atom. The second-order valence-corrected chi connectivity index (χ2v) is 5.06. The highest BCUT2D eigenvalue weighted by Crippen LogP contribution is 2.24. The summed E-state index contributed by atoms with van der Waals surface area (Å²) in [5, 5.41) is 15.4. The molecule has 1 aromatic carbocycles. The molecule has 2 unspecified atom stereocenters. The smallest absolute Gasteiger partial charge is 0.257 e. The van der Waals surface area contributed by atoms with Gasteiger partial charge in [0.05, 0.1) is 11.1 Å². The monoisotopic (exact) mass is 338 g/mol. The van der Waals surface area contributed by atoms with Gasteiger partial charge in [-0.2, -0.15) is 0 Å². The summed E-state index contributed by atoms with van der Waals surface area (Å²) in [4.78, 5) is 11.6. The number of halogens is 3. The van der Waals surface area contributed by atoms with Crippen molar-refractivity contribution < 1.29 is 19.0 Å². The normalized spacial score (nSPS) is 20.7. The summed E-state index contributed by atoms with van der Waals surface area (Å²) in [6.45, 7) is 1.39. The van der Waals surface area contributed by atoms with E-state index in [9.17, 15) is 14.3 Å². The molecule has 21 heavy (non-hydrogen) atoms. The van der Waals surface area contributed by atoms with Gasteiger partial charge >= 0.3 is 0 Å². The molecule has 1 saturated heterocycles. The second-order valence-electron chi connectivity index (χ2n) is 4.65. The third-order valence-electron chi connectivity index (χ3n) is 3.12. The average molecular weight is 339 g/mol. The summed E-state index contributed by atoms with van der Waals surface area (Å²) in [6.07, 6.45) is -0.442. The van der Waals surface area contributed by atoms with Crippen molar-refractivity contribution in [2.75, 3.05) is 26.2 Å². The van der Waals surface area contributed by atoms with Gasteiger partial charge in [-0.25, -0.2) is 4.39 Å². The van der Waals surface area contributed by atoms with Gasteiger partial charge in [0.1, 0.15) is 11.6 Å². The third kappa shape index (κ3) is 5.32. The molecule has 0 aromatic heterocycles. The third-order valence-corrected chi connectivity index (χ3v) is 3.41. The molecule has 0 bridgehead atoms. The highest BCUT2D eigenvalue weighted by Gasteiger charge is 2.24. The number of aliphatic hydroxyl groups is 1. The van der Waals surface area contributed by atoms with E-state index in [1.54, 1.807) is 0 Å². The van der Waals surface area contributed by atoms with E-state index in [0.717, 1.165) is 6.07 Å². The van der Waals surface area contributed by atoms with Crippen LogP contribution < -0.4 is 15.4 Å². The van der Waals surface area contributed by atoms with E-state index < -0.39 is 11.9 Å². The van der Waals surface area contributed by atoms with Crippen molar-refractivity contribution in [3.05, 3.63) is 29.0 Å². The molecule has 118 valence electrons. The number of carbonyl (C=O) groups is 1. The second kappa shape index (κ2) is 8.38. The summed E-state index contributed by atoms with van der Waals surface area (Å²) in [5.41, 5.74) is 0. The van der Waals surface area contributed by atoms with Crippen LogP contribution in [-0.2, 0) is 4.79 Å². The number of hydrogen-bond donors (Lipinski definition) is 3. The highest BCUT2D eigenvalue weighted by molar-refractivity contribution is 6.32. The molecule has 8 heteroatoms. The predicted molar refractivity (Wildman–Crippen MR) is 79.5 cm³/mol. The van der Waals surface area contributed by atoms with Crippen molar-refractivity contribution in [1.82, 2.24) is 10.6 Å². The van der Waals surface area contributed by atoms with E-state index >= 15 is 0 Å². The largest absolute Gasteiger partial charge is 0.482 e. The maximum Gasteiger partial charge on any atom is 0.257 e. The lowest BCUT2D eigenvalue weighted by Crippen LogP contribution is -2.36. The maximum atomic E-state index is 12.8. The Kier molecular flexibility index (Phi) is 7.17. The molecule has 2 atom stereocenters. The van der Waals surface area contributed by atoms with Crippen LogP contribution in [0.5, 0.6) is 5.75 Å². The first-order valence-electron chi connectivity index (χ1n) is 6.29. The molecule has 3 N–H and O–H groups in total. The molecule has 1 heterocycles. The number of hydrogen-bond acceptors (Lipinski definition) is 4. The number of nitrogens with one attached hydrogen (secondary N) is 2. The van der Waals surface area contributed by atoms with Crippen molar-refractivity contribution in [1.29, 1.82) is 0 Å². The summed E-state index contributed by atoms with van der Waals surface area (Å²) in [5.74, 6) is -0.516. The first-order valence-corrected chi connectivity index (χ1v) is 6.67. The molecule has 1 fully saturated rings. The van der Waals surface area contributed by atoms with E-state index in [1.165, 1.54) is 12.1 Å². The standard InChI is InChI=1S/C13H16ClFN2O3.ClH/c14-10-3-9(15)1-2-12(10)20-7-13(19)17-5-8-4-16-6-11(8)18;/h1-3,8,11,16,18H,4-7H2,(H,17,19);1H. The van der Waals surface area contributed by atoms with Gasteiger partial charge < -0.3 is 20.5 Å². The van der Waals surface area contributed by atoms with E-state index in [1.807, 2.05) is 0 Å². The lowest BCUT2D eigenvalue weighted by atomic mass is 10.1. The Morgan fingerprint density at radius 2 is 2.29 bits per heavy atom. The number of ether oxygens (including phenoxy) is 1. The fourth-order valence-corrected chi connectivity index (χ4v) is 2.18. The number of β-amino-alcohol motifs (C(OH)–C–C–N with tert-alkyl or cyclic N) is 1. The van der Waals surface area contributed by atoms with Crippen molar-refractivity contribution in [2.24, 2.45) is 5.92 Å². The number of amides is 1. The van der Waals surface area contributed by atoms with Gasteiger partial charge in [0.25, 0.3) is 5.91 Å². The maximum absolute atomic E-state index is 12.8. The molecule has 0 spiro atoms. The average Bonchev–Trinajstić information content (AvgIpc) is 2.81. The summed E-state index contributed by atoms with van der Waals surface area (Å²) >= 11 is 5.77. The summed E-state index contributed by atoms with van der Waals surface area (Å²) in [6, 6.07) is 3.70. The van der Waals surface area contributed by atoms with Crippen LogP contribution in [0.3, 0.4) is 0 Å². The van der Waals surface area contributed by atoms with Crippen LogP contribution in [0.4, 0.5) is 4.39 Å². The Balaban J connectivity index is 0.00000220. The van der Waals surface area contributed by atoms with Gasteiger partial charge in [0.15, 0.2) is 6.61 Å². The van der Waals surface area contributed by atoms with E-state index in [0.29, 0.717) is 19.6 Å². The van der Waals surface area contributed by atoms with E-state index in [2.05, 4.69) is 10.6 Å². The molecular formula is C13H17Cl2FN2O3. The summed E-state index contributed by atoms with van der Waals surface area (Å²) < 4.78 is 18.0. The van der Waals surface area contributed by atoms with Gasteiger partial charge in [0.2, 0.25) is 0 Å². The van der Waals surface area contributed by atoms with E-state index in [-0.39, 0.29) is 41.6 Å². The Hall–Kier alpha value is -1.08. The number of benzene rings is 1. The Labute approximate surface area is 133 Å². The van der Waals surface area contributed by atoms with Crippen molar-refractivity contribution in [3.63, 3.8) is 0 Å². The number of aliphatic hydroxyl groups excluding tert-OH is 1. The minimum absolute atomic E-state index is 0. The highest BCUT2D eigenvalue weighted by atomic mass is 35.5. The van der Waals surface area contributed by atoms with Crippen LogP contribution in [0.2, 0.25) is 5.02 Å². The first kappa shape index (κ1) is 18.0. The van der Waals surface area contributed by atoms with Gasteiger partial charge in [-0.3, -0.25) is 4.79 Å². The molecule has 0 radical (unpaired) electrons. The van der Waals surface area contributed by atoms with Crippen LogP contribution >= 0.6 is 24.0 Å². The van der Waals surface area contributed by atoms with Crippen LogP contribution in [0.25, 0.3) is 0 Å². The van der Waals surface area contributed by atoms with Gasteiger partial charge in [0, 0.05) is 25.6 Å². The van der Waals surface area contributed by atoms with Crippen molar-refractivity contribution in [2.45, 2.75) is 6.10 Å². The molecule has 2 rings (SSSR count). The van der Waals surface area contributed by atoms with Crippen LogP contribution in [0.15, 0.2) is 18.2 Å². The number of carbonyl (C=O) groups excluding carboxylic acids is 1. The summed E-state index contributed by atoms with van der Waals surface area (Å²) in [7, 11) is 0. The van der Waals surface area contributed by atoms with Crippen LogP contribution in [0, 0.1) is 11.7 Å². The van der Waals surface area contributed by atoms with Gasteiger partial charge in [-0.15, -0.1) is 12.4 Å². The predicted octanol–water partition coefficient (Wildman–Crippen LogP) is 0.976.